The van der Waals surface area contributed by atoms with Crippen LogP contribution in [0.25, 0.3) is 0 Å². The van der Waals surface area contributed by atoms with Crippen molar-refractivity contribution in [2.45, 2.75) is 44.3 Å². The summed E-state index contributed by atoms with van der Waals surface area (Å²) in [4.78, 5) is 12.3. The first-order valence-corrected chi connectivity index (χ1v) is 13.0. The molecule has 2 atom stereocenters. The molecule has 1 saturated heterocycles. The Morgan fingerprint density at radius 3 is 2.19 bits per heavy atom. The Labute approximate surface area is 100 Å². The van der Waals surface area contributed by atoms with Gasteiger partial charge in [-0.05, 0) is 0 Å². The molecule has 0 aromatic heterocycles. The van der Waals surface area contributed by atoms with Crippen molar-refractivity contribution in [3.8, 4) is 0 Å². The Bertz CT molecular complexity index is 373. The number of carbonyl (C=O) groups excluding carboxylic acids is 1. The summed E-state index contributed by atoms with van der Waals surface area (Å²) in [6.45, 7) is 14.5. The van der Waals surface area contributed by atoms with Gasteiger partial charge in [-0.3, -0.25) is 4.79 Å². The Hall–Kier alpha value is -0.356. The predicted octanol–water partition coefficient (Wildman–Crippen LogP) is 3.06. The van der Waals surface area contributed by atoms with Crippen molar-refractivity contribution in [1.82, 2.24) is 0 Å². The van der Waals surface area contributed by atoms with Crippen LogP contribution in [0.5, 0.6) is 0 Å². The molecule has 2 nitrogen and oxygen atoms in total. The molecule has 0 aromatic carbocycles. The first-order chi connectivity index (χ1) is 7.12. The van der Waals surface area contributed by atoms with Crippen molar-refractivity contribution in [2.24, 2.45) is 5.92 Å². The quantitative estimate of drug-likeness (QED) is 0.559. The molecular formula is C12H22O2Si2. The van der Waals surface area contributed by atoms with Crippen LogP contribution in [0.15, 0.2) is 11.3 Å². The van der Waals surface area contributed by atoms with E-state index in [-0.39, 0.29) is 11.0 Å². The molecule has 1 aliphatic heterocycles. The number of carbonyl (C=O) groups is 1. The van der Waals surface area contributed by atoms with Gasteiger partial charge in [-0.2, -0.15) is 0 Å². The summed E-state index contributed by atoms with van der Waals surface area (Å²) < 4.78 is 5.36. The molecule has 16 heavy (non-hydrogen) atoms. The highest BCUT2D eigenvalue weighted by Gasteiger charge is 2.67. The number of cyclic esters (lactones) is 1. The molecule has 0 spiro atoms. The molecule has 0 N–H and O–H groups in total. The van der Waals surface area contributed by atoms with Gasteiger partial charge in [0.05, 0.1) is 27.8 Å². The van der Waals surface area contributed by atoms with Crippen molar-refractivity contribution < 1.29 is 9.53 Å². The third-order valence-corrected chi connectivity index (χ3v) is 9.69. The van der Waals surface area contributed by atoms with Gasteiger partial charge < -0.3 is 4.74 Å². The molecule has 0 aromatic rings. The van der Waals surface area contributed by atoms with Gasteiger partial charge >= 0.3 is 5.97 Å². The highest BCUT2D eigenvalue weighted by Crippen LogP contribution is 2.65. The summed E-state index contributed by atoms with van der Waals surface area (Å²) in [5.74, 6) is 0.463. The second kappa shape index (κ2) is 3.10. The number of hydrogen-bond donors (Lipinski definition) is 0. The van der Waals surface area contributed by atoms with E-state index >= 15 is 0 Å². The van der Waals surface area contributed by atoms with Crippen LogP contribution in [0, 0.1) is 5.92 Å². The zero-order valence-corrected chi connectivity index (χ0v) is 13.2. The van der Waals surface area contributed by atoms with E-state index in [2.05, 4.69) is 45.4 Å². The van der Waals surface area contributed by atoms with E-state index in [1.165, 1.54) is 5.20 Å². The van der Waals surface area contributed by atoms with E-state index in [0.29, 0.717) is 12.5 Å². The molecule has 2 unspecified atom stereocenters. The molecule has 0 saturated carbocycles. The topological polar surface area (TPSA) is 26.3 Å². The van der Waals surface area contributed by atoms with Crippen LogP contribution in [-0.2, 0) is 9.53 Å². The minimum atomic E-state index is -1.57. The van der Waals surface area contributed by atoms with Crippen LogP contribution in [0.1, 0.15) is 0 Å². The third kappa shape index (κ3) is 1.26. The van der Waals surface area contributed by atoms with Crippen molar-refractivity contribution in [2.75, 3.05) is 6.61 Å². The fraction of sp³-hybridized carbons (Fsp3) is 0.750. The summed E-state index contributed by atoms with van der Waals surface area (Å²) in [5, 5.41) is 1.30. The molecule has 2 rings (SSSR count). The number of rotatable bonds is 2. The second-order valence-corrected chi connectivity index (χ2v) is 17.4. The largest absolute Gasteiger partial charge is 0.465 e. The standard InChI is InChI=1S/C12H22O2Si2/c1-15(2,3)10-7-9-8-14-11(13)12(9,10)16(4,5)6/h7,9H,8H2,1-6H3. The maximum absolute atomic E-state index is 12.3. The van der Waals surface area contributed by atoms with Crippen molar-refractivity contribution in [3.63, 3.8) is 0 Å². The van der Waals surface area contributed by atoms with E-state index in [1.54, 1.807) is 0 Å². The van der Waals surface area contributed by atoms with Gasteiger partial charge in [0.15, 0.2) is 0 Å². The van der Waals surface area contributed by atoms with Gasteiger partial charge in [0, 0.05) is 5.92 Å². The van der Waals surface area contributed by atoms with E-state index in [0.717, 1.165) is 0 Å². The van der Waals surface area contributed by atoms with E-state index in [9.17, 15) is 4.79 Å². The Morgan fingerprint density at radius 2 is 1.81 bits per heavy atom. The van der Waals surface area contributed by atoms with Crippen LogP contribution >= 0.6 is 0 Å². The molecule has 2 aliphatic rings. The fourth-order valence-electron chi connectivity index (χ4n) is 3.38. The average Bonchev–Trinajstić information content (AvgIpc) is 2.18. The van der Waals surface area contributed by atoms with Crippen LogP contribution in [0.2, 0.25) is 44.3 Å². The van der Waals surface area contributed by atoms with Crippen LogP contribution in [-0.4, -0.2) is 28.7 Å². The van der Waals surface area contributed by atoms with Gasteiger partial charge in [-0.15, -0.1) is 0 Å². The fourth-order valence-corrected chi connectivity index (χ4v) is 10.7. The lowest BCUT2D eigenvalue weighted by molar-refractivity contribution is -0.139. The monoisotopic (exact) mass is 254 g/mol. The summed E-state index contributed by atoms with van der Waals surface area (Å²) in [6, 6.07) is 0. The Kier molecular flexibility index (Phi) is 2.35. The summed E-state index contributed by atoms with van der Waals surface area (Å²) >= 11 is 0. The van der Waals surface area contributed by atoms with E-state index in [1.807, 2.05) is 0 Å². The SMILES string of the molecule is C[Si](C)(C)C1=CC2COC(=O)C12[Si](C)(C)C. The van der Waals surface area contributed by atoms with E-state index in [4.69, 9.17) is 4.74 Å². The van der Waals surface area contributed by atoms with Crippen LogP contribution in [0.3, 0.4) is 0 Å². The van der Waals surface area contributed by atoms with Crippen LogP contribution in [0.4, 0.5) is 0 Å². The molecule has 4 heteroatoms. The number of fused-ring (bicyclic) bond motifs is 1. The first-order valence-electron chi connectivity index (χ1n) is 6.02. The molecule has 0 amide bonds. The smallest absolute Gasteiger partial charge is 0.313 e. The van der Waals surface area contributed by atoms with Gasteiger partial charge in [0.2, 0.25) is 0 Å². The zero-order valence-electron chi connectivity index (χ0n) is 11.2. The molecule has 1 fully saturated rings. The second-order valence-electron chi connectivity index (χ2n) is 7.09. The number of hydrogen-bond acceptors (Lipinski definition) is 2. The normalized spacial score (nSPS) is 34.0. The Morgan fingerprint density at radius 1 is 1.25 bits per heavy atom. The lowest BCUT2D eigenvalue weighted by atomic mass is 9.83. The highest BCUT2D eigenvalue weighted by atomic mass is 28.3. The van der Waals surface area contributed by atoms with E-state index < -0.39 is 16.1 Å². The number of esters is 1. The first kappa shape index (κ1) is 12.1. The zero-order chi connectivity index (χ0) is 12.4. The predicted molar refractivity (Wildman–Crippen MR) is 71.9 cm³/mol. The lowest BCUT2D eigenvalue weighted by Gasteiger charge is -2.52. The minimum absolute atomic E-state index is 0.0802. The minimum Gasteiger partial charge on any atom is -0.465 e. The Balaban J connectivity index is 2.54. The van der Waals surface area contributed by atoms with Gasteiger partial charge in [0.1, 0.15) is 0 Å². The molecular weight excluding hydrogens is 232 g/mol. The molecule has 0 radical (unpaired) electrons. The molecule has 1 heterocycles. The van der Waals surface area contributed by atoms with Gasteiger partial charge in [-0.1, -0.05) is 50.6 Å². The summed E-state index contributed by atoms with van der Waals surface area (Å²) in [5.41, 5.74) is 0. The lowest BCUT2D eigenvalue weighted by Crippen LogP contribution is -2.57. The molecule has 0 bridgehead atoms. The van der Waals surface area contributed by atoms with Crippen molar-refractivity contribution in [1.29, 1.82) is 0 Å². The van der Waals surface area contributed by atoms with Gasteiger partial charge in [-0.25, -0.2) is 0 Å². The summed E-state index contributed by atoms with van der Waals surface area (Å²) in [7, 11) is -2.96. The summed E-state index contributed by atoms with van der Waals surface area (Å²) in [6.07, 6.45) is 2.34. The maximum atomic E-state index is 12.3. The average molecular weight is 254 g/mol. The maximum Gasteiger partial charge on any atom is 0.313 e. The molecule has 1 aliphatic carbocycles. The van der Waals surface area contributed by atoms with Crippen molar-refractivity contribution in [3.05, 3.63) is 11.3 Å². The molecule has 90 valence electrons. The highest BCUT2D eigenvalue weighted by molar-refractivity contribution is 6.92. The van der Waals surface area contributed by atoms with Gasteiger partial charge in [0.25, 0.3) is 0 Å². The van der Waals surface area contributed by atoms with Crippen molar-refractivity contribution >= 4 is 22.1 Å². The number of ether oxygens (including phenoxy) is 1. The van der Waals surface area contributed by atoms with Crippen LogP contribution < -0.4 is 0 Å². The third-order valence-electron chi connectivity index (χ3n) is 4.06.